The molecule has 0 saturated heterocycles. The van der Waals surface area contributed by atoms with Gasteiger partial charge >= 0.3 is 17.1 Å². The summed E-state index contributed by atoms with van der Waals surface area (Å²) >= 11 is 1.43. The molecule has 10 heavy (non-hydrogen) atoms. The first-order chi connectivity index (χ1) is 4.47. The summed E-state index contributed by atoms with van der Waals surface area (Å²) in [6.07, 6.45) is 0. The second-order valence-corrected chi connectivity index (χ2v) is 2.53. The van der Waals surface area contributed by atoms with Gasteiger partial charge in [0.1, 0.15) is 5.52 Å². The van der Waals surface area contributed by atoms with Crippen LogP contribution in [-0.2, 0) is 0 Å². The number of hydrogen-bond acceptors (Lipinski definition) is 3. The molecular formula is C6H6N2SSe. The standard InChI is InChI=1S/C6H4N2S.H2Se/c1-2-4-6-5(3-1)7-8-9-6;/h1-4H;1H2. The summed E-state index contributed by atoms with van der Waals surface area (Å²) in [5.41, 5.74) is 0.988. The van der Waals surface area contributed by atoms with Gasteiger partial charge in [-0.05, 0) is 23.7 Å². The van der Waals surface area contributed by atoms with Gasteiger partial charge in [0.25, 0.3) is 0 Å². The van der Waals surface area contributed by atoms with Crippen molar-refractivity contribution in [3.05, 3.63) is 24.3 Å². The van der Waals surface area contributed by atoms with Crippen molar-refractivity contribution in [3.63, 3.8) is 0 Å². The van der Waals surface area contributed by atoms with Crippen molar-refractivity contribution < 1.29 is 0 Å². The minimum atomic E-state index is 0. The van der Waals surface area contributed by atoms with Gasteiger partial charge in [-0.2, -0.15) is 0 Å². The van der Waals surface area contributed by atoms with Crippen LogP contribution >= 0.6 is 11.5 Å². The Morgan fingerprint density at radius 1 is 1.20 bits per heavy atom. The monoisotopic (exact) mass is 218 g/mol. The maximum Gasteiger partial charge on any atom is 0.105 e. The maximum absolute atomic E-state index is 3.89. The Bertz CT molecular complexity index is 290. The molecule has 2 rings (SSSR count). The molecule has 0 N–H and O–H groups in total. The van der Waals surface area contributed by atoms with Crippen LogP contribution in [-0.4, -0.2) is 26.7 Å². The predicted molar refractivity (Wildman–Crippen MR) is 46.0 cm³/mol. The minimum Gasteiger partial charge on any atom is -0.138 e. The Morgan fingerprint density at radius 2 is 2.00 bits per heavy atom. The molecule has 2 nitrogen and oxygen atoms in total. The number of rotatable bonds is 0. The first-order valence-electron chi connectivity index (χ1n) is 2.64. The van der Waals surface area contributed by atoms with Crippen LogP contribution in [0.1, 0.15) is 0 Å². The summed E-state index contributed by atoms with van der Waals surface area (Å²) < 4.78 is 4.94. The molecule has 1 heterocycles. The smallest absolute Gasteiger partial charge is 0.105 e. The molecule has 0 aliphatic carbocycles. The first kappa shape index (κ1) is 7.66. The molecule has 0 spiro atoms. The van der Waals surface area contributed by atoms with E-state index in [0.29, 0.717) is 0 Å². The summed E-state index contributed by atoms with van der Waals surface area (Å²) in [5, 5.41) is 3.89. The molecule has 4 heteroatoms. The molecule has 0 bridgehead atoms. The van der Waals surface area contributed by atoms with Crippen molar-refractivity contribution in [3.8, 4) is 0 Å². The normalized spacial score (nSPS) is 9.20. The van der Waals surface area contributed by atoms with Crippen LogP contribution in [0.15, 0.2) is 24.3 Å². The molecule has 0 aliphatic heterocycles. The van der Waals surface area contributed by atoms with E-state index in [-0.39, 0.29) is 17.1 Å². The summed E-state index contributed by atoms with van der Waals surface area (Å²) in [4.78, 5) is 0. The van der Waals surface area contributed by atoms with Crippen LogP contribution in [0.25, 0.3) is 10.2 Å². The molecule has 0 unspecified atom stereocenters. The molecule has 52 valence electrons. The second kappa shape index (κ2) is 3.10. The fourth-order valence-electron chi connectivity index (χ4n) is 0.725. The van der Waals surface area contributed by atoms with Gasteiger partial charge in [0.05, 0.1) is 4.70 Å². The van der Waals surface area contributed by atoms with Gasteiger partial charge in [0.15, 0.2) is 0 Å². The fourth-order valence-corrected chi connectivity index (χ4v) is 1.28. The average molecular weight is 217 g/mol. The summed E-state index contributed by atoms with van der Waals surface area (Å²) in [7, 11) is 0. The third kappa shape index (κ3) is 1.19. The van der Waals surface area contributed by atoms with Crippen molar-refractivity contribution in [1.82, 2.24) is 9.59 Å². The van der Waals surface area contributed by atoms with Crippen LogP contribution < -0.4 is 0 Å². The van der Waals surface area contributed by atoms with Gasteiger partial charge in [-0.25, -0.2) is 0 Å². The fraction of sp³-hybridized carbons (Fsp3) is 0. The van der Waals surface area contributed by atoms with Crippen molar-refractivity contribution in [2.75, 3.05) is 0 Å². The van der Waals surface area contributed by atoms with Crippen LogP contribution in [0.5, 0.6) is 0 Å². The molecule has 1 aromatic carbocycles. The molecule has 0 atom stereocenters. The van der Waals surface area contributed by atoms with Crippen LogP contribution in [0.4, 0.5) is 0 Å². The predicted octanol–water partition coefficient (Wildman–Crippen LogP) is 0.775. The Kier molecular flexibility index (Phi) is 2.38. The molecule has 1 aromatic heterocycles. The zero-order valence-electron chi connectivity index (χ0n) is 5.11. The van der Waals surface area contributed by atoms with Crippen LogP contribution in [0.2, 0.25) is 0 Å². The van der Waals surface area contributed by atoms with Crippen molar-refractivity contribution in [2.45, 2.75) is 0 Å². The first-order valence-corrected chi connectivity index (χ1v) is 3.41. The molecule has 0 saturated carbocycles. The number of benzene rings is 1. The number of hydrogen-bond donors (Lipinski definition) is 0. The van der Waals surface area contributed by atoms with E-state index in [1.54, 1.807) is 0 Å². The maximum atomic E-state index is 3.89. The Labute approximate surface area is 72.9 Å². The molecular weight excluding hydrogens is 211 g/mol. The van der Waals surface area contributed by atoms with Gasteiger partial charge in [-0.3, -0.25) is 0 Å². The number of fused-ring (bicyclic) bond motifs is 1. The van der Waals surface area contributed by atoms with E-state index in [2.05, 4.69) is 9.59 Å². The van der Waals surface area contributed by atoms with E-state index in [4.69, 9.17) is 0 Å². The van der Waals surface area contributed by atoms with Crippen molar-refractivity contribution >= 4 is 38.8 Å². The molecule has 0 fully saturated rings. The van der Waals surface area contributed by atoms with Crippen molar-refractivity contribution in [1.29, 1.82) is 0 Å². The van der Waals surface area contributed by atoms with E-state index < -0.39 is 0 Å². The zero-order chi connectivity index (χ0) is 6.10. The summed E-state index contributed by atoms with van der Waals surface area (Å²) in [6, 6.07) is 7.92. The van der Waals surface area contributed by atoms with Crippen molar-refractivity contribution in [2.24, 2.45) is 0 Å². The van der Waals surface area contributed by atoms with Gasteiger partial charge in [-0.15, -0.1) is 5.10 Å². The molecule has 0 amide bonds. The third-order valence-corrected chi connectivity index (χ3v) is 1.86. The van der Waals surface area contributed by atoms with Gasteiger partial charge in [-0.1, -0.05) is 16.6 Å². The summed E-state index contributed by atoms with van der Waals surface area (Å²) in [5.74, 6) is 0. The molecule has 2 aromatic rings. The van der Waals surface area contributed by atoms with E-state index in [1.807, 2.05) is 24.3 Å². The zero-order valence-corrected chi connectivity index (χ0v) is 8.03. The Hall–Kier alpha value is -0.441. The second-order valence-electron chi connectivity index (χ2n) is 1.74. The Morgan fingerprint density at radius 3 is 2.80 bits per heavy atom. The molecule has 0 aliphatic rings. The van der Waals surface area contributed by atoms with Gasteiger partial charge < -0.3 is 0 Å². The van der Waals surface area contributed by atoms with E-state index in [1.165, 1.54) is 11.5 Å². The van der Waals surface area contributed by atoms with Gasteiger partial charge in [0.2, 0.25) is 0 Å². The van der Waals surface area contributed by atoms with E-state index in [9.17, 15) is 0 Å². The number of aromatic nitrogens is 2. The topological polar surface area (TPSA) is 25.8 Å². The number of nitrogens with zero attached hydrogens (tertiary/aromatic N) is 2. The Balaban J connectivity index is 0.000000500. The molecule has 0 radical (unpaired) electrons. The quantitative estimate of drug-likeness (QED) is 0.609. The van der Waals surface area contributed by atoms with Crippen LogP contribution in [0, 0.1) is 0 Å². The average Bonchev–Trinajstić information content (AvgIpc) is 2.33. The summed E-state index contributed by atoms with van der Waals surface area (Å²) in [6.45, 7) is 0. The largest absolute Gasteiger partial charge is 0.138 e. The minimum absolute atomic E-state index is 0. The third-order valence-electron chi connectivity index (χ3n) is 1.15. The van der Waals surface area contributed by atoms with E-state index >= 15 is 0 Å². The van der Waals surface area contributed by atoms with E-state index in [0.717, 1.165) is 10.2 Å². The SMILES string of the molecule is [SeH2].c1ccc2snnc2c1. The van der Waals surface area contributed by atoms with Crippen LogP contribution in [0.3, 0.4) is 0 Å². The van der Waals surface area contributed by atoms with Gasteiger partial charge in [0, 0.05) is 0 Å².